The van der Waals surface area contributed by atoms with Crippen LogP contribution in [0.15, 0.2) is 67.0 Å². The molecule has 0 N–H and O–H groups in total. The predicted molar refractivity (Wildman–Crippen MR) is 116 cm³/mol. The molecule has 2 fully saturated rings. The summed E-state index contributed by atoms with van der Waals surface area (Å²) in [7, 11) is 1.99. The maximum absolute atomic E-state index is 13.3. The van der Waals surface area contributed by atoms with Crippen molar-refractivity contribution in [1.29, 1.82) is 0 Å². The second-order valence-electron chi connectivity index (χ2n) is 8.31. The third kappa shape index (κ3) is 3.13. The van der Waals surface area contributed by atoms with Crippen molar-refractivity contribution in [2.75, 3.05) is 38.1 Å². The topological polar surface area (TPSA) is 56.8 Å². The van der Waals surface area contributed by atoms with Crippen molar-refractivity contribution in [3.63, 3.8) is 0 Å². The molecule has 1 aromatic heterocycles. The van der Waals surface area contributed by atoms with Crippen molar-refractivity contribution in [3.8, 4) is 0 Å². The predicted octanol–water partition coefficient (Wildman–Crippen LogP) is 2.80. The van der Waals surface area contributed by atoms with Crippen LogP contribution < -0.4 is 4.90 Å². The first-order chi connectivity index (χ1) is 14.6. The number of pyridine rings is 1. The second kappa shape index (κ2) is 7.22. The fourth-order valence-electron chi connectivity index (χ4n) is 4.68. The Hall–Kier alpha value is -3.25. The smallest absolute Gasteiger partial charge is 0.253 e. The molecule has 0 aliphatic carbocycles. The Balaban J connectivity index is 1.39. The van der Waals surface area contributed by atoms with Crippen molar-refractivity contribution in [1.82, 2.24) is 14.8 Å². The van der Waals surface area contributed by atoms with E-state index in [1.807, 2.05) is 65.4 Å². The summed E-state index contributed by atoms with van der Waals surface area (Å²) < 4.78 is 0. The van der Waals surface area contributed by atoms with Crippen LogP contribution in [0.5, 0.6) is 0 Å². The third-order valence-electron chi connectivity index (χ3n) is 6.51. The summed E-state index contributed by atoms with van der Waals surface area (Å²) in [6.45, 7) is 2.20. The van der Waals surface area contributed by atoms with Gasteiger partial charge >= 0.3 is 0 Å². The van der Waals surface area contributed by atoms with E-state index < -0.39 is 0 Å². The molecule has 2 aliphatic heterocycles. The molecule has 2 aliphatic rings. The Labute approximate surface area is 175 Å². The number of piperazine rings is 1. The lowest BCUT2D eigenvalue weighted by Gasteiger charge is -2.46. The van der Waals surface area contributed by atoms with Gasteiger partial charge in [-0.1, -0.05) is 30.3 Å². The molecule has 1 atom stereocenters. The number of aromatic nitrogens is 1. The number of carbonyl (C=O) groups excluding carboxylic acids is 2. The molecule has 6 heteroatoms. The first-order valence-electron chi connectivity index (χ1n) is 10.3. The van der Waals surface area contributed by atoms with E-state index in [4.69, 9.17) is 0 Å². The standard InChI is InChI=1S/C24H24N4O2/c1-26-15-22(29)28(21-7-4-11-25-14-21)17-24(26)10-12-27(16-24)23(30)20-9-8-18-5-2-3-6-19(18)13-20/h2-9,11,13-14H,10,12,15-17H2,1H3. The number of nitrogens with zero attached hydrogens (tertiary/aromatic N) is 4. The van der Waals surface area contributed by atoms with Gasteiger partial charge in [-0.15, -0.1) is 0 Å². The van der Waals surface area contributed by atoms with Crippen LogP contribution >= 0.6 is 0 Å². The molecule has 30 heavy (non-hydrogen) atoms. The first kappa shape index (κ1) is 18.8. The van der Waals surface area contributed by atoms with Crippen LogP contribution in [0, 0.1) is 0 Å². The zero-order valence-corrected chi connectivity index (χ0v) is 17.0. The van der Waals surface area contributed by atoms with E-state index in [2.05, 4.69) is 16.0 Å². The van der Waals surface area contributed by atoms with Crippen LogP contribution in [-0.4, -0.2) is 65.4 Å². The van der Waals surface area contributed by atoms with Gasteiger partial charge in [0.05, 0.1) is 24.0 Å². The highest BCUT2D eigenvalue weighted by atomic mass is 16.2. The lowest BCUT2D eigenvalue weighted by Crippen LogP contribution is -2.64. The minimum Gasteiger partial charge on any atom is -0.337 e. The summed E-state index contributed by atoms with van der Waals surface area (Å²) in [5, 5.41) is 2.20. The first-order valence-corrected chi connectivity index (χ1v) is 10.3. The molecule has 0 bridgehead atoms. The summed E-state index contributed by atoms with van der Waals surface area (Å²) in [5.41, 5.74) is 1.29. The van der Waals surface area contributed by atoms with Gasteiger partial charge in [-0.25, -0.2) is 0 Å². The van der Waals surface area contributed by atoms with Crippen molar-refractivity contribution in [2.45, 2.75) is 12.0 Å². The zero-order chi connectivity index (χ0) is 20.7. The zero-order valence-electron chi connectivity index (χ0n) is 17.0. The SMILES string of the molecule is CN1CC(=O)N(c2cccnc2)CC12CCN(C(=O)c1ccc3ccccc3c1)C2. The molecule has 2 amide bonds. The summed E-state index contributed by atoms with van der Waals surface area (Å²) >= 11 is 0. The Morgan fingerprint density at radius 2 is 1.87 bits per heavy atom. The van der Waals surface area contributed by atoms with E-state index in [9.17, 15) is 9.59 Å². The molecule has 3 aromatic rings. The second-order valence-corrected chi connectivity index (χ2v) is 8.31. The number of rotatable bonds is 2. The maximum Gasteiger partial charge on any atom is 0.253 e. The lowest BCUT2D eigenvalue weighted by atomic mass is 9.92. The summed E-state index contributed by atoms with van der Waals surface area (Å²) in [6, 6.07) is 17.7. The summed E-state index contributed by atoms with van der Waals surface area (Å²) in [6.07, 6.45) is 4.27. The highest BCUT2D eigenvalue weighted by Crippen LogP contribution is 2.34. The van der Waals surface area contributed by atoms with Crippen molar-refractivity contribution in [3.05, 3.63) is 72.6 Å². The fourth-order valence-corrected chi connectivity index (χ4v) is 4.68. The Morgan fingerprint density at radius 3 is 2.67 bits per heavy atom. The van der Waals surface area contributed by atoms with Crippen molar-refractivity contribution in [2.24, 2.45) is 0 Å². The summed E-state index contributed by atoms with van der Waals surface area (Å²) in [5.74, 6) is 0.117. The minimum absolute atomic E-state index is 0.0517. The number of hydrogen-bond donors (Lipinski definition) is 0. The molecule has 2 saturated heterocycles. The van der Waals surface area contributed by atoms with E-state index in [0.717, 1.165) is 22.9 Å². The van der Waals surface area contributed by atoms with Crippen LogP contribution in [-0.2, 0) is 4.79 Å². The van der Waals surface area contributed by atoms with Gasteiger partial charge in [-0.3, -0.25) is 19.5 Å². The molecule has 6 nitrogen and oxygen atoms in total. The lowest BCUT2D eigenvalue weighted by molar-refractivity contribution is -0.123. The molecule has 0 saturated carbocycles. The van der Waals surface area contributed by atoms with Crippen LogP contribution in [0.4, 0.5) is 5.69 Å². The van der Waals surface area contributed by atoms with Gasteiger partial charge in [0, 0.05) is 31.4 Å². The molecular formula is C24H24N4O2. The Bertz CT molecular complexity index is 1120. The Morgan fingerprint density at radius 1 is 1.03 bits per heavy atom. The number of benzene rings is 2. The maximum atomic E-state index is 13.3. The highest BCUT2D eigenvalue weighted by molar-refractivity contribution is 5.99. The number of hydrogen-bond acceptors (Lipinski definition) is 4. The molecular weight excluding hydrogens is 376 g/mol. The van der Waals surface area contributed by atoms with Gasteiger partial charge in [-0.05, 0) is 48.5 Å². The number of anilines is 1. The van der Waals surface area contributed by atoms with Gasteiger partial charge in [-0.2, -0.15) is 0 Å². The average Bonchev–Trinajstić information content (AvgIpc) is 3.21. The highest BCUT2D eigenvalue weighted by Gasteiger charge is 2.48. The van der Waals surface area contributed by atoms with Gasteiger partial charge in [0.15, 0.2) is 0 Å². The monoisotopic (exact) mass is 400 g/mol. The number of likely N-dealkylation sites (tertiary alicyclic amines) is 1. The summed E-state index contributed by atoms with van der Waals surface area (Å²) in [4.78, 5) is 36.0. The number of fused-ring (bicyclic) bond motifs is 1. The molecule has 1 spiro atoms. The van der Waals surface area contributed by atoms with E-state index in [1.165, 1.54) is 0 Å². The molecule has 5 rings (SSSR count). The number of amides is 2. The van der Waals surface area contributed by atoms with E-state index in [1.54, 1.807) is 12.4 Å². The average molecular weight is 400 g/mol. The van der Waals surface area contributed by atoms with Crippen LogP contribution in [0.25, 0.3) is 10.8 Å². The van der Waals surface area contributed by atoms with Crippen molar-refractivity contribution < 1.29 is 9.59 Å². The van der Waals surface area contributed by atoms with Gasteiger partial charge < -0.3 is 9.80 Å². The minimum atomic E-state index is -0.240. The van der Waals surface area contributed by atoms with Crippen LogP contribution in [0.2, 0.25) is 0 Å². The largest absolute Gasteiger partial charge is 0.337 e. The van der Waals surface area contributed by atoms with Crippen LogP contribution in [0.1, 0.15) is 16.8 Å². The van der Waals surface area contributed by atoms with E-state index in [0.29, 0.717) is 31.7 Å². The molecule has 0 radical (unpaired) electrons. The normalized spacial score (nSPS) is 22.2. The number of carbonyl (C=O) groups is 2. The Kier molecular flexibility index (Phi) is 4.51. The van der Waals surface area contributed by atoms with E-state index >= 15 is 0 Å². The van der Waals surface area contributed by atoms with Gasteiger partial charge in [0.1, 0.15) is 0 Å². The van der Waals surface area contributed by atoms with Gasteiger partial charge in [0.2, 0.25) is 5.91 Å². The van der Waals surface area contributed by atoms with Crippen LogP contribution in [0.3, 0.4) is 0 Å². The van der Waals surface area contributed by atoms with Gasteiger partial charge in [0.25, 0.3) is 5.91 Å². The third-order valence-corrected chi connectivity index (χ3v) is 6.51. The molecule has 3 heterocycles. The molecule has 2 aromatic carbocycles. The molecule has 152 valence electrons. The fraction of sp³-hybridized carbons (Fsp3) is 0.292. The van der Waals surface area contributed by atoms with E-state index in [-0.39, 0.29) is 17.4 Å². The quantitative estimate of drug-likeness (QED) is 0.664. The van der Waals surface area contributed by atoms with Crippen molar-refractivity contribution >= 4 is 28.3 Å². The number of likely N-dealkylation sites (N-methyl/N-ethyl adjacent to an activating group) is 1. The molecule has 1 unspecified atom stereocenters.